The number of benzene rings is 1. The molecule has 0 radical (unpaired) electrons. The molecule has 0 fully saturated rings. The Balaban J connectivity index is 0.00000132. The Morgan fingerprint density at radius 1 is 1.43 bits per heavy atom. The third kappa shape index (κ3) is 1.89. The molecule has 0 bridgehead atoms. The van der Waals surface area contributed by atoms with Gasteiger partial charge in [0.25, 0.3) is 0 Å². The van der Waals surface area contributed by atoms with Gasteiger partial charge in [-0.2, -0.15) is 0 Å². The first-order chi connectivity index (χ1) is 9.65. The van der Waals surface area contributed by atoms with E-state index in [0.29, 0.717) is 12.6 Å². The standard InChI is InChI=1S/C16H16N2O2.H2O/c1-18-8-10(16(19)20)5-12-11-3-2-4-13-15(11)9(7-17-13)6-14(12)18;/h2-5,7,10,14,17H,6,8H2,1H3,(H,19,20);1H2/t10-,14-;/m1./s1. The Labute approximate surface area is 122 Å². The van der Waals surface area contributed by atoms with Crippen LogP contribution in [0.2, 0.25) is 0 Å². The Morgan fingerprint density at radius 3 is 3.00 bits per heavy atom. The van der Waals surface area contributed by atoms with E-state index in [2.05, 4.69) is 28.2 Å². The zero-order valence-corrected chi connectivity index (χ0v) is 11.8. The van der Waals surface area contributed by atoms with Crippen molar-refractivity contribution in [1.29, 1.82) is 0 Å². The molecule has 4 N–H and O–H groups in total. The summed E-state index contributed by atoms with van der Waals surface area (Å²) in [5, 5.41) is 10.6. The normalized spacial score (nSPS) is 24.1. The van der Waals surface area contributed by atoms with Crippen LogP contribution in [0.15, 0.2) is 30.5 Å². The first-order valence-corrected chi connectivity index (χ1v) is 6.89. The maximum absolute atomic E-state index is 11.3. The highest BCUT2D eigenvalue weighted by molar-refractivity contribution is 5.99. The molecule has 1 aliphatic carbocycles. The number of fused-ring (bicyclic) bond motifs is 2. The van der Waals surface area contributed by atoms with Gasteiger partial charge in [0.05, 0.1) is 5.92 Å². The van der Waals surface area contributed by atoms with Crippen molar-refractivity contribution in [3.8, 4) is 0 Å². The molecule has 0 amide bonds. The number of hydrogen-bond acceptors (Lipinski definition) is 2. The van der Waals surface area contributed by atoms with Crippen LogP contribution in [-0.2, 0) is 11.2 Å². The van der Waals surface area contributed by atoms with Crippen molar-refractivity contribution in [1.82, 2.24) is 9.88 Å². The number of hydrogen-bond donors (Lipinski definition) is 2. The highest BCUT2D eigenvalue weighted by atomic mass is 16.4. The molecular weight excluding hydrogens is 268 g/mol. The average molecular weight is 286 g/mol. The fraction of sp³-hybridized carbons (Fsp3) is 0.312. The van der Waals surface area contributed by atoms with Crippen molar-refractivity contribution >= 4 is 22.4 Å². The molecule has 2 heterocycles. The number of carboxylic acids is 1. The lowest BCUT2D eigenvalue weighted by molar-refractivity contribution is -0.140. The Hall–Kier alpha value is -2.11. The van der Waals surface area contributed by atoms with Gasteiger partial charge >= 0.3 is 5.97 Å². The lowest BCUT2D eigenvalue weighted by Gasteiger charge is -2.38. The average Bonchev–Trinajstić information content (AvgIpc) is 2.84. The number of nitrogens with one attached hydrogen (secondary N) is 1. The second-order valence-corrected chi connectivity index (χ2v) is 5.77. The lowest BCUT2D eigenvalue weighted by atomic mass is 9.80. The zero-order valence-electron chi connectivity index (χ0n) is 11.8. The van der Waals surface area contributed by atoms with Crippen LogP contribution < -0.4 is 0 Å². The van der Waals surface area contributed by atoms with Crippen molar-refractivity contribution < 1.29 is 15.4 Å². The van der Waals surface area contributed by atoms with Gasteiger partial charge in [-0.3, -0.25) is 9.69 Å². The summed E-state index contributed by atoms with van der Waals surface area (Å²) in [4.78, 5) is 16.8. The third-order valence-electron chi connectivity index (χ3n) is 4.59. The topological polar surface area (TPSA) is 87.8 Å². The summed E-state index contributed by atoms with van der Waals surface area (Å²) < 4.78 is 0. The molecule has 4 rings (SSSR count). The molecule has 21 heavy (non-hydrogen) atoms. The minimum absolute atomic E-state index is 0. The summed E-state index contributed by atoms with van der Waals surface area (Å²) in [7, 11) is 2.02. The number of H-pyrrole nitrogens is 1. The van der Waals surface area contributed by atoms with Crippen LogP contribution in [0.4, 0.5) is 0 Å². The number of rotatable bonds is 1. The van der Waals surface area contributed by atoms with E-state index in [4.69, 9.17) is 0 Å². The predicted octanol–water partition coefficient (Wildman–Crippen LogP) is 1.30. The molecular formula is C16H18N2O3. The molecule has 0 saturated heterocycles. The van der Waals surface area contributed by atoms with Gasteiger partial charge in [-0.1, -0.05) is 18.2 Å². The van der Waals surface area contributed by atoms with Gasteiger partial charge in [0, 0.05) is 29.7 Å². The van der Waals surface area contributed by atoms with Crippen LogP contribution in [0.5, 0.6) is 0 Å². The van der Waals surface area contributed by atoms with Gasteiger partial charge in [0.2, 0.25) is 0 Å². The predicted molar refractivity (Wildman–Crippen MR) is 81.1 cm³/mol. The number of aromatic amines is 1. The highest BCUT2D eigenvalue weighted by Gasteiger charge is 2.35. The van der Waals surface area contributed by atoms with E-state index >= 15 is 0 Å². The molecule has 5 nitrogen and oxygen atoms in total. The minimum Gasteiger partial charge on any atom is -0.481 e. The Morgan fingerprint density at radius 2 is 2.24 bits per heavy atom. The number of carboxylic acid groups (broad SMARTS) is 1. The minimum atomic E-state index is -0.741. The van der Waals surface area contributed by atoms with E-state index in [0.717, 1.165) is 11.9 Å². The van der Waals surface area contributed by atoms with E-state index in [-0.39, 0.29) is 5.48 Å². The SMILES string of the molecule is CN1C[C@H](C(=O)O)C=C2c3cccc4[nH]cc(c34)C[C@H]21.O. The lowest BCUT2D eigenvalue weighted by Crippen LogP contribution is -2.44. The molecule has 2 aliphatic rings. The highest BCUT2D eigenvalue weighted by Crippen LogP contribution is 2.40. The van der Waals surface area contributed by atoms with E-state index in [1.165, 1.54) is 22.1 Å². The second kappa shape index (κ2) is 4.72. The molecule has 5 heteroatoms. The summed E-state index contributed by atoms with van der Waals surface area (Å²) in [5.74, 6) is -1.16. The van der Waals surface area contributed by atoms with Crippen molar-refractivity contribution in [3.63, 3.8) is 0 Å². The third-order valence-corrected chi connectivity index (χ3v) is 4.59. The van der Waals surface area contributed by atoms with Gasteiger partial charge in [0.1, 0.15) is 0 Å². The Kier molecular flexibility index (Phi) is 3.11. The molecule has 0 saturated carbocycles. The molecule has 1 aromatic heterocycles. The zero-order chi connectivity index (χ0) is 13.9. The van der Waals surface area contributed by atoms with Crippen molar-refractivity contribution in [3.05, 3.63) is 41.6 Å². The first-order valence-electron chi connectivity index (χ1n) is 6.89. The fourth-order valence-electron chi connectivity index (χ4n) is 3.61. The first kappa shape index (κ1) is 13.9. The number of aliphatic carboxylic acids is 1. The van der Waals surface area contributed by atoms with Crippen molar-refractivity contribution in [2.75, 3.05) is 13.6 Å². The van der Waals surface area contributed by atoms with Crippen molar-refractivity contribution in [2.45, 2.75) is 12.5 Å². The number of likely N-dealkylation sites (N-methyl/N-ethyl adjacent to an activating group) is 1. The molecule has 1 aliphatic heterocycles. The fourth-order valence-corrected chi connectivity index (χ4v) is 3.61. The van der Waals surface area contributed by atoms with Gasteiger partial charge in [0.15, 0.2) is 0 Å². The van der Waals surface area contributed by atoms with Crippen LogP contribution in [-0.4, -0.2) is 46.1 Å². The Bertz CT molecular complexity index is 747. The van der Waals surface area contributed by atoms with Crippen LogP contribution in [0.1, 0.15) is 11.1 Å². The summed E-state index contributed by atoms with van der Waals surface area (Å²) in [6, 6.07) is 6.51. The number of nitrogens with zero attached hydrogens (tertiary/aromatic N) is 1. The molecule has 1 aromatic carbocycles. The van der Waals surface area contributed by atoms with Crippen molar-refractivity contribution in [2.24, 2.45) is 5.92 Å². The smallest absolute Gasteiger partial charge is 0.311 e. The summed E-state index contributed by atoms with van der Waals surface area (Å²) in [6.07, 6.45) is 4.99. The van der Waals surface area contributed by atoms with E-state index in [1.807, 2.05) is 19.2 Å². The second-order valence-electron chi connectivity index (χ2n) is 5.77. The molecule has 0 spiro atoms. The van der Waals surface area contributed by atoms with Gasteiger partial charge < -0.3 is 15.6 Å². The molecule has 0 unspecified atom stereocenters. The quantitative estimate of drug-likeness (QED) is 0.828. The maximum Gasteiger partial charge on any atom is 0.311 e. The summed E-state index contributed by atoms with van der Waals surface area (Å²) in [6.45, 7) is 0.583. The van der Waals surface area contributed by atoms with Crippen LogP contribution in [0, 0.1) is 5.92 Å². The van der Waals surface area contributed by atoms with E-state index in [1.54, 1.807) is 0 Å². The number of aromatic nitrogens is 1. The summed E-state index contributed by atoms with van der Waals surface area (Å²) >= 11 is 0. The largest absolute Gasteiger partial charge is 0.481 e. The van der Waals surface area contributed by atoms with E-state index < -0.39 is 11.9 Å². The molecule has 2 aromatic rings. The van der Waals surface area contributed by atoms with Crippen LogP contribution >= 0.6 is 0 Å². The van der Waals surface area contributed by atoms with Crippen LogP contribution in [0.3, 0.4) is 0 Å². The molecule has 110 valence electrons. The number of carbonyl (C=O) groups is 1. The molecule has 2 atom stereocenters. The van der Waals surface area contributed by atoms with Gasteiger partial charge in [-0.25, -0.2) is 0 Å². The maximum atomic E-state index is 11.3. The van der Waals surface area contributed by atoms with Crippen LogP contribution in [0.25, 0.3) is 16.5 Å². The van der Waals surface area contributed by atoms with Gasteiger partial charge in [-0.15, -0.1) is 0 Å². The van der Waals surface area contributed by atoms with E-state index in [9.17, 15) is 9.90 Å². The monoisotopic (exact) mass is 286 g/mol. The van der Waals surface area contributed by atoms with Gasteiger partial charge in [-0.05, 0) is 36.2 Å². The summed E-state index contributed by atoms with van der Waals surface area (Å²) in [5.41, 5.74) is 4.83.